The van der Waals surface area contributed by atoms with E-state index in [0.717, 1.165) is 17.3 Å². The van der Waals surface area contributed by atoms with E-state index in [1.54, 1.807) is 18.5 Å². The number of hydrogen-bond acceptors (Lipinski definition) is 3. The van der Waals surface area contributed by atoms with Gasteiger partial charge >= 0.3 is 0 Å². The molecule has 2 rings (SSSR count). The summed E-state index contributed by atoms with van der Waals surface area (Å²) in [5.74, 6) is -0.0650. The van der Waals surface area contributed by atoms with Gasteiger partial charge in [-0.3, -0.25) is 9.78 Å². The molecule has 4 nitrogen and oxygen atoms in total. The summed E-state index contributed by atoms with van der Waals surface area (Å²) < 4.78 is 1.07. The fraction of sp³-hybridized carbons (Fsp3) is 0.250. The van der Waals surface area contributed by atoms with Gasteiger partial charge in [0.05, 0.1) is 18.5 Å². The number of carbonyl (C=O) groups is 1. The molecule has 0 saturated carbocycles. The number of anilines is 1. The van der Waals surface area contributed by atoms with Gasteiger partial charge < -0.3 is 10.4 Å². The second kappa shape index (κ2) is 7.90. The van der Waals surface area contributed by atoms with Crippen LogP contribution in [0.1, 0.15) is 24.0 Å². The molecule has 0 saturated heterocycles. The molecule has 2 N–H and O–H groups in total. The van der Waals surface area contributed by atoms with Crippen LogP contribution < -0.4 is 5.32 Å². The van der Waals surface area contributed by atoms with Crippen molar-refractivity contribution in [1.82, 2.24) is 4.98 Å². The molecule has 21 heavy (non-hydrogen) atoms. The first-order valence-electron chi connectivity index (χ1n) is 6.77. The van der Waals surface area contributed by atoms with Crippen LogP contribution in [0.25, 0.3) is 0 Å². The highest BCUT2D eigenvalue weighted by atomic mass is 79.9. The summed E-state index contributed by atoms with van der Waals surface area (Å²) in [6.45, 7) is -0.116. The molecule has 5 heteroatoms. The number of aromatic nitrogens is 1. The monoisotopic (exact) mass is 348 g/mol. The lowest BCUT2D eigenvalue weighted by molar-refractivity contribution is -0.116. The van der Waals surface area contributed by atoms with Crippen LogP contribution in [0.15, 0.2) is 47.2 Å². The fourth-order valence-electron chi connectivity index (χ4n) is 2.03. The smallest absolute Gasteiger partial charge is 0.224 e. The number of amides is 1. The Hall–Kier alpha value is -1.72. The molecule has 110 valence electrons. The average Bonchev–Trinajstić information content (AvgIpc) is 2.50. The van der Waals surface area contributed by atoms with Gasteiger partial charge in [0.1, 0.15) is 0 Å². The van der Waals surface area contributed by atoms with Crippen LogP contribution in [-0.2, 0) is 17.8 Å². The Labute approximate surface area is 132 Å². The zero-order chi connectivity index (χ0) is 15.1. The lowest BCUT2D eigenvalue weighted by atomic mass is 10.1. The zero-order valence-corrected chi connectivity index (χ0v) is 13.1. The van der Waals surface area contributed by atoms with Crippen molar-refractivity contribution in [2.45, 2.75) is 25.9 Å². The average molecular weight is 349 g/mol. The van der Waals surface area contributed by atoms with E-state index in [2.05, 4.69) is 26.2 Å². The second-order valence-electron chi connectivity index (χ2n) is 4.68. The molecule has 1 amide bonds. The number of benzene rings is 1. The minimum Gasteiger partial charge on any atom is -0.392 e. The number of pyridine rings is 1. The molecule has 0 atom stereocenters. The van der Waals surface area contributed by atoms with E-state index in [9.17, 15) is 9.90 Å². The van der Waals surface area contributed by atoms with Crippen LogP contribution in [0.3, 0.4) is 0 Å². The number of aliphatic hydroxyl groups excluding tert-OH is 1. The van der Waals surface area contributed by atoms with Crippen LogP contribution in [0, 0.1) is 0 Å². The van der Waals surface area contributed by atoms with Crippen molar-refractivity contribution in [1.29, 1.82) is 0 Å². The highest BCUT2D eigenvalue weighted by Gasteiger charge is 2.07. The number of aryl methyl sites for hydroxylation is 1. The molecule has 2 aromatic rings. The Morgan fingerprint density at radius 2 is 2.05 bits per heavy atom. The van der Waals surface area contributed by atoms with E-state index < -0.39 is 0 Å². The molecule has 0 radical (unpaired) electrons. The molecule has 0 fully saturated rings. The molecular formula is C16H17BrN2O2. The van der Waals surface area contributed by atoms with Gasteiger partial charge in [0.25, 0.3) is 0 Å². The number of aliphatic hydroxyl groups is 1. The molecule has 1 aromatic heterocycles. The number of nitrogens with one attached hydrogen (secondary N) is 1. The SMILES string of the molecule is O=C(CCCc1ccccc1Br)Nc1cnccc1CO. The van der Waals surface area contributed by atoms with Gasteiger partial charge in [0.15, 0.2) is 0 Å². The first kappa shape index (κ1) is 15.7. The Kier molecular flexibility index (Phi) is 5.90. The third-order valence-corrected chi connectivity index (χ3v) is 3.94. The van der Waals surface area contributed by atoms with Crippen molar-refractivity contribution in [3.05, 3.63) is 58.3 Å². The Morgan fingerprint density at radius 3 is 2.81 bits per heavy atom. The summed E-state index contributed by atoms with van der Waals surface area (Å²) in [5.41, 5.74) is 2.44. The zero-order valence-electron chi connectivity index (χ0n) is 11.6. The second-order valence-corrected chi connectivity index (χ2v) is 5.54. The molecule has 0 aliphatic carbocycles. The van der Waals surface area contributed by atoms with Crippen molar-refractivity contribution >= 4 is 27.5 Å². The first-order chi connectivity index (χ1) is 10.2. The number of carbonyl (C=O) groups excluding carboxylic acids is 1. The van der Waals surface area contributed by atoms with E-state index in [-0.39, 0.29) is 12.5 Å². The summed E-state index contributed by atoms with van der Waals surface area (Å²) in [6.07, 6.45) is 5.18. The Morgan fingerprint density at radius 1 is 1.24 bits per heavy atom. The molecule has 1 aromatic carbocycles. The summed E-state index contributed by atoms with van der Waals surface area (Å²) >= 11 is 3.50. The van der Waals surface area contributed by atoms with Crippen LogP contribution in [0.5, 0.6) is 0 Å². The summed E-state index contributed by atoms with van der Waals surface area (Å²) in [6, 6.07) is 9.70. The normalized spacial score (nSPS) is 10.4. The molecule has 0 aliphatic heterocycles. The van der Waals surface area contributed by atoms with Crippen LogP contribution in [0.4, 0.5) is 5.69 Å². The quantitative estimate of drug-likeness (QED) is 0.841. The van der Waals surface area contributed by atoms with Gasteiger partial charge in [-0.25, -0.2) is 0 Å². The maximum absolute atomic E-state index is 11.9. The Bertz CT molecular complexity index is 617. The molecule has 0 aliphatic rings. The van der Waals surface area contributed by atoms with E-state index in [0.29, 0.717) is 17.7 Å². The van der Waals surface area contributed by atoms with E-state index in [1.165, 1.54) is 5.56 Å². The third-order valence-electron chi connectivity index (χ3n) is 3.16. The number of nitrogens with zero attached hydrogens (tertiary/aromatic N) is 1. The predicted octanol–water partition coefficient (Wildman–Crippen LogP) is 3.30. The van der Waals surface area contributed by atoms with Gasteiger partial charge in [0, 0.05) is 22.7 Å². The largest absolute Gasteiger partial charge is 0.392 e. The summed E-state index contributed by atoms with van der Waals surface area (Å²) in [4.78, 5) is 15.9. The number of rotatable bonds is 6. The van der Waals surface area contributed by atoms with Gasteiger partial charge in [0.2, 0.25) is 5.91 Å². The standard InChI is InChI=1S/C16H17BrN2O2/c17-14-6-2-1-4-12(14)5-3-7-16(21)19-15-10-18-9-8-13(15)11-20/h1-2,4,6,8-10,20H,3,5,7,11H2,(H,19,21). The number of halogens is 1. The van der Waals surface area contributed by atoms with Crippen LogP contribution >= 0.6 is 15.9 Å². The van der Waals surface area contributed by atoms with Crippen LogP contribution in [-0.4, -0.2) is 16.0 Å². The molecule has 1 heterocycles. The van der Waals surface area contributed by atoms with Crippen molar-refractivity contribution < 1.29 is 9.90 Å². The lowest BCUT2D eigenvalue weighted by Crippen LogP contribution is -2.13. The van der Waals surface area contributed by atoms with Gasteiger partial charge in [-0.2, -0.15) is 0 Å². The fourth-order valence-corrected chi connectivity index (χ4v) is 2.51. The highest BCUT2D eigenvalue weighted by molar-refractivity contribution is 9.10. The van der Waals surface area contributed by atoms with Gasteiger partial charge in [-0.1, -0.05) is 34.1 Å². The molecule has 0 unspecified atom stereocenters. The first-order valence-corrected chi connectivity index (χ1v) is 7.57. The molecule has 0 bridgehead atoms. The van der Waals surface area contributed by atoms with Crippen molar-refractivity contribution in [3.63, 3.8) is 0 Å². The van der Waals surface area contributed by atoms with Crippen molar-refractivity contribution in [2.24, 2.45) is 0 Å². The minimum absolute atomic E-state index is 0.0650. The van der Waals surface area contributed by atoms with E-state index in [1.807, 2.05) is 24.3 Å². The maximum Gasteiger partial charge on any atom is 0.224 e. The van der Waals surface area contributed by atoms with Crippen LogP contribution in [0.2, 0.25) is 0 Å². The van der Waals surface area contributed by atoms with Crippen molar-refractivity contribution in [2.75, 3.05) is 5.32 Å². The molecular weight excluding hydrogens is 332 g/mol. The summed E-state index contributed by atoms with van der Waals surface area (Å²) in [5, 5.41) is 12.0. The van der Waals surface area contributed by atoms with E-state index >= 15 is 0 Å². The molecule has 0 spiro atoms. The van der Waals surface area contributed by atoms with E-state index in [4.69, 9.17) is 0 Å². The lowest BCUT2D eigenvalue weighted by Gasteiger charge is -2.09. The van der Waals surface area contributed by atoms with Crippen molar-refractivity contribution in [3.8, 4) is 0 Å². The predicted molar refractivity (Wildman–Crippen MR) is 85.9 cm³/mol. The van der Waals surface area contributed by atoms with Gasteiger partial charge in [-0.15, -0.1) is 0 Å². The van der Waals surface area contributed by atoms with Gasteiger partial charge in [-0.05, 0) is 30.5 Å². The maximum atomic E-state index is 11.9. The number of hydrogen-bond donors (Lipinski definition) is 2. The Balaban J connectivity index is 1.84. The minimum atomic E-state index is -0.116. The summed E-state index contributed by atoms with van der Waals surface area (Å²) in [7, 11) is 0. The third kappa shape index (κ3) is 4.65. The highest BCUT2D eigenvalue weighted by Crippen LogP contribution is 2.18. The topological polar surface area (TPSA) is 62.2 Å².